The molecule has 14 nitrogen and oxygen atoms in total. The smallest absolute Gasteiger partial charge is 0.240 e. The zero-order chi connectivity index (χ0) is 44.4. The van der Waals surface area contributed by atoms with E-state index in [-0.39, 0.29) is 35.9 Å². The highest BCUT2D eigenvalue weighted by molar-refractivity contribution is 5.93. The average Bonchev–Trinajstić information content (AvgIpc) is 4.15. The average molecular weight is 870 g/mol. The third-order valence-electron chi connectivity index (χ3n) is 13.5. The molecule has 0 aliphatic carbocycles. The van der Waals surface area contributed by atoms with Gasteiger partial charge in [-0.25, -0.2) is 14.4 Å². The number of nitrogens with zero attached hydrogens (tertiary/aromatic N) is 5. The van der Waals surface area contributed by atoms with Crippen LogP contribution in [0.3, 0.4) is 0 Å². The fraction of sp³-hybridized carbons (Fsp3) is 0.408. The maximum absolute atomic E-state index is 16.9. The van der Waals surface area contributed by atoms with Gasteiger partial charge in [-0.3, -0.25) is 15.0 Å². The minimum Gasteiger partial charge on any atom is -0.465 e. The zero-order valence-corrected chi connectivity index (χ0v) is 36.8. The van der Waals surface area contributed by atoms with Gasteiger partial charge in [0.25, 0.3) is 0 Å². The van der Waals surface area contributed by atoms with Crippen LogP contribution in [0.2, 0.25) is 0 Å². The van der Waals surface area contributed by atoms with Crippen molar-refractivity contribution in [2.24, 2.45) is 17.6 Å². The third kappa shape index (κ3) is 7.38. The summed E-state index contributed by atoms with van der Waals surface area (Å²) in [5.41, 5.74) is 12.8. The number of halogens is 1. The molecule has 7 heterocycles. The van der Waals surface area contributed by atoms with Crippen LogP contribution >= 0.6 is 0 Å². The van der Waals surface area contributed by atoms with Crippen molar-refractivity contribution < 1.29 is 28.2 Å². The number of rotatable bonds is 13. The first-order valence-corrected chi connectivity index (χ1v) is 22.4. The monoisotopic (exact) mass is 869 g/mol. The van der Waals surface area contributed by atoms with Gasteiger partial charge in [-0.05, 0) is 80.0 Å². The van der Waals surface area contributed by atoms with Crippen LogP contribution in [0.1, 0.15) is 88.9 Å². The second kappa shape index (κ2) is 16.9. The fourth-order valence-electron chi connectivity index (χ4n) is 9.99. The number of carbonyl (C=O) groups excluding carboxylic acids is 1. The summed E-state index contributed by atoms with van der Waals surface area (Å²) in [6, 6.07) is 18.4. The number of methoxy groups -OCH3 is 1. The topological polar surface area (TPSA) is 176 Å². The molecule has 3 aliphatic rings. The number of ether oxygens (including phenoxy) is 2. The number of nitrogens with one attached hydrogen (secondary N) is 3. The summed E-state index contributed by atoms with van der Waals surface area (Å²) in [6.45, 7) is 9.75. The Bertz CT molecular complexity index is 2820. The number of furan rings is 1. The normalized spacial score (nSPS) is 20.3. The number of likely N-dealkylation sites (tertiary alicyclic amines) is 2. The van der Waals surface area contributed by atoms with Crippen molar-refractivity contribution in [3.8, 4) is 39.5 Å². The lowest BCUT2D eigenvalue weighted by Crippen LogP contribution is -2.50. The van der Waals surface area contributed by atoms with E-state index in [1.54, 1.807) is 19.6 Å². The van der Waals surface area contributed by atoms with E-state index in [9.17, 15) is 9.90 Å². The molecule has 0 bridgehead atoms. The van der Waals surface area contributed by atoms with E-state index in [1.807, 2.05) is 96.8 Å². The van der Waals surface area contributed by atoms with Gasteiger partial charge in [0.15, 0.2) is 0 Å². The minimum atomic E-state index is -0.806. The number of aliphatic hydroxyl groups excluding tert-OH is 1. The first-order valence-electron chi connectivity index (χ1n) is 22.4. The predicted octanol–water partition coefficient (Wildman–Crippen LogP) is 8.23. The van der Waals surface area contributed by atoms with Gasteiger partial charge >= 0.3 is 0 Å². The van der Waals surface area contributed by atoms with Gasteiger partial charge in [0, 0.05) is 53.7 Å². The van der Waals surface area contributed by atoms with E-state index < -0.39 is 24.3 Å². The number of aromatic amines is 2. The number of nitrogens with two attached hydrogens (primary N) is 1. The van der Waals surface area contributed by atoms with Crippen LogP contribution in [-0.2, 0) is 9.53 Å². The van der Waals surface area contributed by atoms with Crippen molar-refractivity contribution in [1.29, 1.82) is 0 Å². The Hall–Kier alpha value is -5.84. The molecule has 6 atom stereocenters. The van der Waals surface area contributed by atoms with Crippen LogP contribution in [-0.4, -0.2) is 90.6 Å². The van der Waals surface area contributed by atoms with E-state index in [0.717, 1.165) is 70.2 Å². The lowest BCUT2D eigenvalue weighted by atomic mass is 10.0. The van der Waals surface area contributed by atoms with E-state index in [2.05, 4.69) is 21.4 Å². The van der Waals surface area contributed by atoms with E-state index in [0.29, 0.717) is 53.9 Å². The highest BCUT2D eigenvalue weighted by Crippen LogP contribution is 2.48. The van der Waals surface area contributed by atoms with Crippen LogP contribution < -0.4 is 15.8 Å². The first kappa shape index (κ1) is 42.1. The molecule has 2 fully saturated rings. The molecular weight excluding hydrogens is 814 g/mol. The lowest BCUT2D eigenvalue weighted by molar-refractivity contribution is -0.136. The van der Waals surface area contributed by atoms with E-state index in [1.165, 1.54) is 6.07 Å². The van der Waals surface area contributed by atoms with Crippen molar-refractivity contribution in [1.82, 2.24) is 39.6 Å². The highest BCUT2D eigenvalue weighted by Gasteiger charge is 2.39. The maximum atomic E-state index is 16.9. The molecule has 6 unspecified atom stereocenters. The SMILES string of the molecule is COCNC(C(=O)N1CCCC1c1ncc(-c2ccc3c(c2)cc2n3C(c3ccc4ccoc4c3)Oc3cc(-c4cnc(C5CCCN5C(O)C(N)C(C)C)[nH]4)cc(F)c3-2)[nH]1)C(C)C. The molecule has 7 aromatic rings. The van der Waals surface area contributed by atoms with Gasteiger partial charge < -0.3 is 44.2 Å². The third-order valence-corrected chi connectivity index (χ3v) is 13.5. The molecule has 3 aliphatic heterocycles. The molecule has 1 amide bonds. The van der Waals surface area contributed by atoms with Crippen LogP contribution in [0.4, 0.5) is 4.39 Å². The van der Waals surface area contributed by atoms with Crippen molar-refractivity contribution >= 4 is 27.8 Å². The summed E-state index contributed by atoms with van der Waals surface area (Å²) in [6.07, 6.45) is 7.18. The number of benzene rings is 3. The molecule has 15 heteroatoms. The van der Waals surface area contributed by atoms with Gasteiger partial charge in [0.05, 0.1) is 71.7 Å². The summed E-state index contributed by atoms with van der Waals surface area (Å²) in [4.78, 5) is 34.3. The Kier molecular flexibility index (Phi) is 11.2. The number of hydrogen-bond acceptors (Lipinski definition) is 10. The van der Waals surface area contributed by atoms with Gasteiger partial charge in [-0.2, -0.15) is 0 Å². The van der Waals surface area contributed by atoms with Crippen LogP contribution in [0.15, 0.2) is 83.7 Å². The Morgan fingerprint density at radius 1 is 0.922 bits per heavy atom. The Balaban J connectivity index is 0.995. The second-order valence-corrected chi connectivity index (χ2v) is 18.2. The van der Waals surface area contributed by atoms with Gasteiger partial charge in [-0.1, -0.05) is 45.9 Å². The maximum Gasteiger partial charge on any atom is 0.240 e. The summed E-state index contributed by atoms with van der Waals surface area (Å²) >= 11 is 0. The lowest BCUT2D eigenvalue weighted by Gasteiger charge is -2.33. The van der Waals surface area contributed by atoms with Gasteiger partial charge in [-0.15, -0.1) is 0 Å². The van der Waals surface area contributed by atoms with Crippen molar-refractivity contribution in [3.63, 3.8) is 0 Å². The molecule has 2 saturated heterocycles. The van der Waals surface area contributed by atoms with Crippen molar-refractivity contribution in [2.45, 2.75) is 90.0 Å². The second-order valence-electron chi connectivity index (χ2n) is 18.2. The number of aromatic nitrogens is 5. The molecular formula is C49H56FN9O5. The molecule has 0 saturated carbocycles. The van der Waals surface area contributed by atoms with Crippen LogP contribution in [0.5, 0.6) is 5.75 Å². The Morgan fingerprint density at radius 3 is 2.44 bits per heavy atom. The number of carbonyl (C=O) groups is 1. The quantitative estimate of drug-likeness (QED) is 0.0710. The number of H-pyrrole nitrogens is 2. The number of amides is 1. The van der Waals surface area contributed by atoms with Crippen LogP contribution in [0.25, 0.3) is 55.6 Å². The predicted molar refractivity (Wildman–Crippen MR) is 242 cm³/mol. The highest BCUT2D eigenvalue weighted by atomic mass is 19.1. The van der Waals surface area contributed by atoms with Crippen LogP contribution in [0, 0.1) is 17.7 Å². The molecule has 64 heavy (non-hydrogen) atoms. The summed E-state index contributed by atoms with van der Waals surface area (Å²) in [5, 5.41) is 16.3. The number of aliphatic hydroxyl groups is 1. The number of imidazole rings is 2. The minimum absolute atomic E-state index is 0.0458. The number of fused-ring (bicyclic) bond motifs is 6. The summed E-state index contributed by atoms with van der Waals surface area (Å²) in [7, 11) is 1.61. The van der Waals surface area contributed by atoms with Crippen molar-refractivity contribution in [2.75, 3.05) is 26.9 Å². The van der Waals surface area contributed by atoms with Gasteiger partial charge in [0.1, 0.15) is 35.0 Å². The zero-order valence-electron chi connectivity index (χ0n) is 36.8. The molecule has 0 radical (unpaired) electrons. The number of hydrogen-bond donors (Lipinski definition) is 5. The standard InChI is InChI=1S/C49H56FN9O5/c1-26(2)43(51)47(60)57-15-6-8-37(57)45-53-24-35(56-45)31-19-33(50)42-39-20-32-18-29(34-23-52-46(55-34)38-9-7-16-58(38)48(61)44(27(3)4)54-25-62-5)12-13-36(32)59(39)49(64-41(42)22-31)30-11-10-28-14-17-63-40(28)21-30/h10-14,17-24,26-27,37-38,43-44,47,49,54,60H,6-9,15-16,25,51H2,1-5H3,(H,52,55)(H,53,56). The molecule has 10 rings (SSSR count). The van der Waals surface area contributed by atoms with Gasteiger partial charge in [0.2, 0.25) is 12.1 Å². The van der Waals surface area contributed by atoms with E-state index in [4.69, 9.17) is 29.6 Å². The molecule has 3 aromatic carbocycles. The largest absolute Gasteiger partial charge is 0.465 e. The fourth-order valence-corrected chi connectivity index (χ4v) is 9.99. The molecule has 4 aromatic heterocycles. The summed E-state index contributed by atoms with van der Waals surface area (Å²) in [5.74, 6) is 1.67. The molecule has 0 spiro atoms. The first-order chi connectivity index (χ1) is 31.0. The van der Waals surface area contributed by atoms with Crippen molar-refractivity contribution in [3.05, 3.63) is 102 Å². The Morgan fingerprint density at radius 2 is 1.67 bits per heavy atom. The summed E-state index contributed by atoms with van der Waals surface area (Å²) < 4.78 is 36.8. The molecule has 6 N–H and O–H groups in total. The Labute approximate surface area is 370 Å². The molecule has 334 valence electrons. The van der Waals surface area contributed by atoms with E-state index >= 15 is 4.39 Å².